The Morgan fingerprint density at radius 1 is 1.22 bits per heavy atom. The molecule has 2 aliphatic rings. The molecule has 1 aromatic carbocycles. The smallest absolute Gasteiger partial charge is 0.232 e. The summed E-state index contributed by atoms with van der Waals surface area (Å²) in [6, 6.07) is 8.23. The highest BCUT2D eigenvalue weighted by Crippen LogP contribution is 2.34. The first kappa shape index (κ1) is 15.8. The van der Waals surface area contributed by atoms with Crippen LogP contribution in [0.1, 0.15) is 27.2 Å². The van der Waals surface area contributed by atoms with Crippen molar-refractivity contribution in [2.24, 2.45) is 11.8 Å². The zero-order chi connectivity index (χ0) is 16.6. The first-order valence-corrected chi connectivity index (χ1v) is 8.40. The molecule has 0 saturated carbocycles. The summed E-state index contributed by atoms with van der Waals surface area (Å²) in [6.45, 7) is 7.83. The first-order valence-electron chi connectivity index (χ1n) is 8.40. The van der Waals surface area contributed by atoms with Crippen molar-refractivity contribution in [1.29, 1.82) is 0 Å². The second-order valence-corrected chi connectivity index (χ2v) is 6.91. The van der Waals surface area contributed by atoms with Gasteiger partial charge in [0.1, 0.15) is 0 Å². The molecule has 0 radical (unpaired) electrons. The van der Waals surface area contributed by atoms with Crippen LogP contribution in [0.4, 0.5) is 11.4 Å². The Balaban J connectivity index is 1.83. The molecule has 1 saturated heterocycles. The van der Waals surface area contributed by atoms with Gasteiger partial charge in [0.15, 0.2) is 0 Å². The maximum Gasteiger partial charge on any atom is 0.232 e. The molecule has 23 heavy (non-hydrogen) atoms. The van der Waals surface area contributed by atoms with Crippen molar-refractivity contribution in [2.45, 2.75) is 33.2 Å². The van der Waals surface area contributed by atoms with E-state index in [2.05, 4.69) is 19.2 Å². The van der Waals surface area contributed by atoms with Gasteiger partial charge in [0.05, 0.1) is 17.3 Å². The fourth-order valence-electron chi connectivity index (χ4n) is 3.43. The number of fused-ring (bicyclic) bond motifs is 1. The van der Waals surface area contributed by atoms with E-state index in [9.17, 15) is 9.59 Å². The minimum atomic E-state index is -0.0853. The Bertz CT molecular complexity index is 614. The lowest BCUT2D eigenvalue weighted by Gasteiger charge is -2.38. The standard InChI is InChI=1S/C18H25N3O2/c1-12(2)16-11-21(17-7-5-4-6-15(17)19-16)18(23)14-8-9-20(10-14)13(3)22/h4-7,12,14,16,19H,8-11H2,1-3H3. The number of amides is 2. The minimum Gasteiger partial charge on any atom is -0.379 e. The number of carbonyl (C=O) groups excluding carboxylic acids is 2. The second kappa shape index (κ2) is 6.22. The van der Waals surface area contributed by atoms with E-state index in [1.54, 1.807) is 11.8 Å². The first-order chi connectivity index (χ1) is 11.0. The lowest BCUT2D eigenvalue weighted by molar-refractivity contribution is -0.128. The average molecular weight is 315 g/mol. The fourth-order valence-corrected chi connectivity index (χ4v) is 3.43. The third-order valence-electron chi connectivity index (χ3n) is 4.97. The predicted molar refractivity (Wildman–Crippen MR) is 91.4 cm³/mol. The Morgan fingerprint density at radius 2 is 1.96 bits per heavy atom. The summed E-state index contributed by atoms with van der Waals surface area (Å²) >= 11 is 0. The van der Waals surface area contributed by atoms with Gasteiger partial charge in [-0.3, -0.25) is 9.59 Å². The Hall–Kier alpha value is -2.04. The maximum absolute atomic E-state index is 13.1. The van der Waals surface area contributed by atoms with Crippen LogP contribution in [-0.4, -0.2) is 42.4 Å². The molecular formula is C18H25N3O2. The Kier molecular flexibility index (Phi) is 4.28. The van der Waals surface area contributed by atoms with Gasteiger partial charge in [-0.15, -0.1) is 0 Å². The zero-order valence-electron chi connectivity index (χ0n) is 14.1. The highest BCUT2D eigenvalue weighted by molar-refractivity contribution is 5.99. The molecule has 0 bridgehead atoms. The number of rotatable bonds is 2. The summed E-state index contributed by atoms with van der Waals surface area (Å²) in [5.41, 5.74) is 1.97. The molecule has 5 nitrogen and oxygen atoms in total. The van der Waals surface area contributed by atoms with Crippen molar-refractivity contribution >= 4 is 23.2 Å². The van der Waals surface area contributed by atoms with Crippen LogP contribution < -0.4 is 10.2 Å². The van der Waals surface area contributed by atoms with Crippen LogP contribution in [0.25, 0.3) is 0 Å². The summed E-state index contributed by atoms with van der Waals surface area (Å²) in [5.74, 6) is 0.559. The van der Waals surface area contributed by atoms with E-state index in [0.29, 0.717) is 25.6 Å². The van der Waals surface area contributed by atoms with E-state index in [1.807, 2.05) is 29.2 Å². The quantitative estimate of drug-likeness (QED) is 0.911. The number of likely N-dealkylation sites (tertiary alicyclic amines) is 1. The molecule has 5 heteroatoms. The lowest BCUT2D eigenvalue weighted by Crippen LogP contribution is -2.49. The van der Waals surface area contributed by atoms with Gasteiger partial charge in [-0.2, -0.15) is 0 Å². The van der Waals surface area contributed by atoms with Gasteiger partial charge in [-0.1, -0.05) is 26.0 Å². The number of anilines is 2. The largest absolute Gasteiger partial charge is 0.379 e. The average Bonchev–Trinajstić information content (AvgIpc) is 3.03. The van der Waals surface area contributed by atoms with Gasteiger partial charge < -0.3 is 15.1 Å². The SMILES string of the molecule is CC(=O)N1CCC(C(=O)N2CC(C(C)C)Nc3ccccc32)C1. The molecule has 2 aliphatic heterocycles. The third kappa shape index (κ3) is 3.05. The predicted octanol–water partition coefficient (Wildman–Crippen LogP) is 2.34. The normalized spacial score (nSPS) is 23.7. The summed E-state index contributed by atoms with van der Waals surface area (Å²) in [4.78, 5) is 28.3. The molecular weight excluding hydrogens is 290 g/mol. The van der Waals surface area contributed by atoms with Crippen molar-refractivity contribution in [3.05, 3.63) is 24.3 Å². The van der Waals surface area contributed by atoms with Gasteiger partial charge in [0.25, 0.3) is 0 Å². The molecule has 1 fully saturated rings. The second-order valence-electron chi connectivity index (χ2n) is 6.91. The van der Waals surface area contributed by atoms with E-state index < -0.39 is 0 Å². The summed E-state index contributed by atoms with van der Waals surface area (Å²) in [6.07, 6.45) is 0.761. The summed E-state index contributed by atoms with van der Waals surface area (Å²) in [7, 11) is 0. The van der Waals surface area contributed by atoms with E-state index >= 15 is 0 Å². The van der Waals surface area contributed by atoms with E-state index in [0.717, 1.165) is 17.8 Å². The number of nitrogens with one attached hydrogen (secondary N) is 1. The molecule has 1 aromatic rings. The number of nitrogens with zero attached hydrogens (tertiary/aromatic N) is 2. The monoisotopic (exact) mass is 315 g/mol. The van der Waals surface area contributed by atoms with Crippen molar-refractivity contribution < 1.29 is 9.59 Å². The van der Waals surface area contributed by atoms with Crippen LogP contribution in [0.15, 0.2) is 24.3 Å². The molecule has 2 atom stereocenters. The molecule has 1 N–H and O–H groups in total. The van der Waals surface area contributed by atoms with Crippen LogP contribution in [0.3, 0.4) is 0 Å². The number of carbonyl (C=O) groups is 2. The Morgan fingerprint density at radius 3 is 2.61 bits per heavy atom. The fraction of sp³-hybridized carbons (Fsp3) is 0.556. The minimum absolute atomic E-state index is 0.0565. The van der Waals surface area contributed by atoms with Gasteiger partial charge in [-0.25, -0.2) is 0 Å². The number of benzene rings is 1. The van der Waals surface area contributed by atoms with E-state index in [1.165, 1.54) is 0 Å². The molecule has 0 aliphatic carbocycles. The molecule has 2 heterocycles. The van der Waals surface area contributed by atoms with Crippen molar-refractivity contribution in [3.8, 4) is 0 Å². The molecule has 2 amide bonds. The maximum atomic E-state index is 13.1. The van der Waals surface area contributed by atoms with Gasteiger partial charge in [0.2, 0.25) is 11.8 Å². The zero-order valence-corrected chi connectivity index (χ0v) is 14.1. The van der Waals surface area contributed by atoms with E-state index in [4.69, 9.17) is 0 Å². The molecule has 3 rings (SSSR count). The van der Waals surface area contributed by atoms with Crippen LogP contribution in [-0.2, 0) is 9.59 Å². The molecule has 0 aromatic heterocycles. The van der Waals surface area contributed by atoms with Gasteiger partial charge in [-0.05, 0) is 24.5 Å². The van der Waals surface area contributed by atoms with Crippen LogP contribution >= 0.6 is 0 Å². The van der Waals surface area contributed by atoms with Crippen molar-refractivity contribution in [1.82, 2.24) is 4.90 Å². The Labute approximate surface area is 137 Å². The highest BCUT2D eigenvalue weighted by atomic mass is 16.2. The topological polar surface area (TPSA) is 52.7 Å². The summed E-state index contributed by atoms with van der Waals surface area (Å²) < 4.78 is 0. The molecule has 0 spiro atoms. The van der Waals surface area contributed by atoms with Crippen LogP contribution in [0.2, 0.25) is 0 Å². The number of hydrogen-bond donors (Lipinski definition) is 1. The molecule has 2 unspecified atom stereocenters. The van der Waals surface area contributed by atoms with E-state index in [-0.39, 0.29) is 23.8 Å². The van der Waals surface area contributed by atoms with Crippen molar-refractivity contribution in [3.63, 3.8) is 0 Å². The van der Waals surface area contributed by atoms with Crippen molar-refractivity contribution in [2.75, 3.05) is 29.9 Å². The number of para-hydroxylation sites is 2. The highest BCUT2D eigenvalue weighted by Gasteiger charge is 2.36. The lowest BCUT2D eigenvalue weighted by atomic mass is 9.98. The van der Waals surface area contributed by atoms with Crippen LogP contribution in [0.5, 0.6) is 0 Å². The molecule has 124 valence electrons. The third-order valence-corrected chi connectivity index (χ3v) is 4.97. The van der Waals surface area contributed by atoms with Gasteiger partial charge >= 0.3 is 0 Å². The van der Waals surface area contributed by atoms with Crippen LogP contribution in [0, 0.1) is 11.8 Å². The number of hydrogen-bond acceptors (Lipinski definition) is 3. The van der Waals surface area contributed by atoms with Gasteiger partial charge in [0, 0.05) is 32.6 Å². The summed E-state index contributed by atoms with van der Waals surface area (Å²) in [5, 5.41) is 3.54.